The number of nitrogens with zero attached hydrogens (tertiary/aromatic N) is 7. The summed E-state index contributed by atoms with van der Waals surface area (Å²) in [5.74, 6) is 6.19. The van der Waals surface area contributed by atoms with Crippen LogP contribution in [-0.2, 0) is 25.8 Å². The Bertz CT molecular complexity index is 4960. The normalized spacial score (nSPS) is 17.1. The second-order valence-corrected chi connectivity index (χ2v) is 28.9. The van der Waals surface area contributed by atoms with Gasteiger partial charge in [-0.15, -0.1) is 0 Å². The standard InChI is InChI=1S/C25H32N2O3.C24H23N3O5.C21H23N3O3.C20H21N3O3/c1-29-23-12-11-19(13-24(23)30-17-18-7-4-2-3-5-8-18)20-14-25(28)27(16-20)22-10-6-9-21(26)15-22;1-31-22-10-9-16(11-23(22)32-15-17-5-2-3-8-21(17)27(29)30)18-12-24(28)26(14-18)20-7-4-6-19(25)13-20;1-26-19-8-7-15(11-20(19)27-10-3-2-9-22)16-12-21(25)24(14-16)18-6-4-5-17(23)13-18;1-25-18-7-6-14(10-19(18)26-9-3-8-21)15-11-20(24)23(13-15)17-5-2-4-16(22)12-17/h6,9-13,15,18,20H,2-5,7-8,14,16-17,26H2,1H3;2-11,13,18H,12,14-15,25H2,1H3;4-8,11,13,16H,2-3,10,12,14,23H2,1H3;2,4-7,10,12,15H,3,9,11,13,22H2,1H3/t20-;18-;16-;15-/m0000/s1. The minimum Gasteiger partial charge on any atom is -0.493 e. The smallest absolute Gasteiger partial charge is 0.276 e. The summed E-state index contributed by atoms with van der Waals surface area (Å²) in [5, 5.41) is 28.6. The van der Waals surface area contributed by atoms with Gasteiger partial charge in [0.15, 0.2) is 46.0 Å². The van der Waals surface area contributed by atoms with Crippen LogP contribution in [0.2, 0.25) is 0 Å². The zero-order valence-corrected chi connectivity index (χ0v) is 65.4. The Morgan fingerprint density at radius 3 is 1.08 bits per heavy atom. The average molecular weight is 1560 g/mol. The largest absolute Gasteiger partial charge is 0.493 e. The summed E-state index contributed by atoms with van der Waals surface area (Å²) in [7, 11) is 6.38. The lowest BCUT2D eigenvalue weighted by atomic mass is 9.97. The minimum absolute atomic E-state index is 0.00165. The molecule has 9 aromatic carbocycles. The number of methoxy groups -OCH3 is 4. The molecule has 4 amide bonds. The molecule has 0 radical (unpaired) electrons. The SMILES string of the molecule is COc1ccc([C@H]2CC(=O)N(c3cccc(N)c3)C2)cc1OCC1CCCCCC1.COc1ccc([C@H]2CC(=O)N(c3cccc(N)c3)C2)cc1OCCC#N.COc1ccc([C@H]2CC(=O)N(c3cccc(N)c3)C2)cc1OCCCC#N.COc1ccc([C@H]2CC(=O)N(c3cccc(N)c3)C2)cc1OCc1ccccc1[N+](=O)[O-]. The number of nitrogen functional groups attached to an aromatic ring is 4. The summed E-state index contributed by atoms with van der Waals surface area (Å²) in [6.07, 6.45) is 10.9. The van der Waals surface area contributed by atoms with Crippen molar-refractivity contribution < 1.29 is 62.0 Å². The van der Waals surface area contributed by atoms with Crippen LogP contribution >= 0.6 is 0 Å². The number of benzene rings is 9. The van der Waals surface area contributed by atoms with E-state index in [9.17, 15) is 29.3 Å². The minimum atomic E-state index is -0.429. The van der Waals surface area contributed by atoms with Gasteiger partial charge in [0.25, 0.3) is 5.69 Å². The van der Waals surface area contributed by atoms with E-state index in [1.54, 1.807) is 84.6 Å². The Kier molecular flexibility index (Phi) is 29.0. The summed E-state index contributed by atoms with van der Waals surface area (Å²) in [4.78, 5) is 68.3. The van der Waals surface area contributed by atoms with Crippen LogP contribution in [0.25, 0.3) is 0 Å². The van der Waals surface area contributed by atoms with Gasteiger partial charge in [0.1, 0.15) is 13.2 Å². The van der Waals surface area contributed by atoms with Gasteiger partial charge in [-0.3, -0.25) is 29.3 Å². The molecule has 25 nitrogen and oxygen atoms in total. The maximum absolute atomic E-state index is 12.7. The van der Waals surface area contributed by atoms with Gasteiger partial charge >= 0.3 is 0 Å². The van der Waals surface area contributed by atoms with E-state index < -0.39 is 4.92 Å². The molecule has 8 N–H and O–H groups in total. The molecule has 9 aromatic rings. The Hall–Kier alpha value is -13.2. The molecular weight excluding hydrogens is 1460 g/mol. The van der Waals surface area contributed by atoms with E-state index in [1.807, 2.05) is 132 Å². The van der Waals surface area contributed by atoms with E-state index in [1.165, 1.54) is 51.7 Å². The topological polar surface area (TPSA) is 350 Å². The molecule has 0 bridgehead atoms. The third kappa shape index (κ3) is 22.0. The first-order chi connectivity index (χ1) is 55.8. The fourth-order valence-corrected chi connectivity index (χ4v) is 15.0. The first-order valence-electron chi connectivity index (χ1n) is 38.7. The highest BCUT2D eigenvalue weighted by Gasteiger charge is 2.37. The van der Waals surface area contributed by atoms with E-state index in [0.717, 1.165) is 63.1 Å². The fourth-order valence-electron chi connectivity index (χ4n) is 15.0. The number of unbranched alkanes of at least 4 members (excludes halogenated alkanes) is 1. The highest BCUT2D eigenvalue weighted by atomic mass is 16.6. The van der Waals surface area contributed by atoms with Gasteiger partial charge < -0.3 is 80.4 Å². The summed E-state index contributed by atoms with van der Waals surface area (Å²) >= 11 is 0. The van der Waals surface area contributed by atoms with Crippen LogP contribution in [0.5, 0.6) is 46.0 Å². The van der Waals surface area contributed by atoms with Crippen LogP contribution in [0, 0.1) is 38.7 Å². The number of hydrogen-bond acceptors (Lipinski definition) is 20. The molecule has 4 aliphatic heterocycles. The molecule has 115 heavy (non-hydrogen) atoms. The van der Waals surface area contributed by atoms with Gasteiger partial charge in [-0.2, -0.15) is 10.5 Å². The van der Waals surface area contributed by atoms with Gasteiger partial charge in [-0.1, -0.05) is 86.3 Å². The fraction of sp³-hybridized carbons (Fsp3) is 0.333. The Labute approximate surface area is 670 Å². The number of rotatable bonds is 26. The van der Waals surface area contributed by atoms with Crippen molar-refractivity contribution in [2.45, 2.75) is 114 Å². The summed E-state index contributed by atoms with van der Waals surface area (Å²) in [6, 6.07) is 63.2. The van der Waals surface area contributed by atoms with Crippen molar-refractivity contribution >= 4 is 74.8 Å². The van der Waals surface area contributed by atoms with Gasteiger partial charge in [0, 0.05) is 134 Å². The first-order valence-corrected chi connectivity index (χ1v) is 38.7. The van der Waals surface area contributed by atoms with Crippen molar-refractivity contribution in [2.75, 3.05) is 117 Å². The van der Waals surface area contributed by atoms with E-state index in [0.29, 0.717) is 153 Å². The van der Waals surface area contributed by atoms with Gasteiger partial charge in [-0.05, 0) is 175 Å². The van der Waals surface area contributed by atoms with Crippen molar-refractivity contribution in [3.8, 4) is 58.1 Å². The van der Waals surface area contributed by atoms with Crippen LogP contribution in [0.15, 0.2) is 194 Å². The highest BCUT2D eigenvalue weighted by Crippen LogP contribution is 2.43. The molecule has 0 aromatic heterocycles. The maximum Gasteiger partial charge on any atom is 0.276 e. The van der Waals surface area contributed by atoms with Gasteiger partial charge in [0.05, 0.1) is 70.7 Å². The second-order valence-electron chi connectivity index (χ2n) is 28.9. The number of amides is 4. The number of nitro groups is 1. The molecule has 5 fully saturated rings. The third-order valence-electron chi connectivity index (χ3n) is 21.0. The number of ether oxygens (including phenoxy) is 8. The number of nitrogens with two attached hydrogens (primary N) is 4. The third-order valence-corrected chi connectivity index (χ3v) is 21.0. The molecule has 4 heterocycles. The molecule has 0 unspecified atom stereocenters. The van der Waals surface area contributed by atoms with E-state index in [2.05, 4.69) is 24.3 Å². The number of anilines is 8. The van der Waals surface area contributed by atoms with E-state index >= 15 is 0 Å². The predicted molar refractivity (Wildman–Crippen MR) is 444 cm³/mol. The maximum atomic E-state index is 12.7. The number of carbonyl (C=O) groups is 4. The Morgan fingerprint density at radius 2 is 0.739 bits per heavy atom. The Balaban J connectivity index is 0.000000151. The average Bonchev–Trinajstić information content (AvgIpc) is 1.69. The van der Waals surface area contributed by atoms with Crippen LogP contribution < -0.4 is 80.4 Å². The lowest BCUT2D eigenvalue weighted by Gasteiger charge is -2.19. The molecule has 598 valence electrons. The molecular formula is C90H99N11O14. The van der Waals surface area contributed by atoms with Crippen molar-refractivity contribution in [3.05, 3.63) is 232 Å². The van der Waals surface area contributed by atoms with E-state index in [4.69, 9.17) is 71.4 Å². The first kappa shape index (κ1) is 82.8. The van der Waals surface area contributed by atoms with Gasteiger partial charge in [-0.25, -0.2) is 0 Å². The molecule has 5 aliphatic rings. The second kappa shape index (κ2) is 40.3. The highest BCUT2D eigenvalue weighted by molar-refractivity contribution is 5.99. The Morgan fingerprint density at radius 1 is 0.400 bits per heavy atom. The number of hydrogen-bond donors (Lipinski definition) is 4. The van der Waals surface area contributed by atoms with Crippen LogP contribution in [0.1, 0.15) is 135 Å². The monoisotopic (exact) mass is 1560 g/mol. The summed E-state index contributed by atoms with van der Waals surface area (Å²) in [6.45, 7) is 3.88. The number of para-hydroxylation sites is 1. The number of nitro benzene ring substituents is 1. The van der Waals surface area contributed by atoms with Crippen LogP contribution in [0.4, 0.5) is 51.2 Å². The van der Waals surface area contributed by atoms with Crippen molar-refractivity contribution in [2.24, 2.45) is 5.92 Å². The number of carbonyl (C=O) groups excluding carboxylic acids is 4. The van der Waals surface area contributed by atoms with Crippen LogP contribution in [0.3, 0.4) is 0 Å². The molecule has 25 heteroatoms. The molecule has 14 rings (SSSR count). The lowest BCUT2D eigenvalue weighted by Crippen LogP contribution is -2.24. The quantitative estimate of drug-likeness (QED) is 0.0129. The predicted octanol–water partition coefficient (Wildman–Crippen LogP) is 16.0. The number of nitriles is 2. The van der Waals surface area contributed by atoms with E-state index in [-0.39, 0.29) is 59.6 Å². The molecule has 4 saturated heterocycles. The van der Waals surface area contributed by atoms with Gasteiger partial charge in [0.2, 0.25) is 23.6 Å². The summed E-state index contributed by atoms with van der Waals surface area (Å²) < 4.78 is 45.2. The lowest BCUT2D eigenvalue weighted by molar-refractivity contribution is -0.385. The van der Waals surface area contributed by atoms with Crippen molar-refractivity contribution in [1.82, 2.24) is 0 Å². The van der Waals surface area contributed by atoms with Crippen molar-refractivity contribution in [3.63, 3.8) is 0 Å². The molecule has 4 atom stereocenters. The van der Waals surface area contributed by atoms with Crippen LogP contribution in [-0.4, -0.2) is 103 Å². The molecule has 1 saturated carbocycles. The molecule has 1 aliphatic carbocycles. The zero-order valence-electron chi connectivity index (χ0n) is 65.4. The summed E-state index contributed by atoms with van der Waals surface area (Å²) in [5.41, 5.74) is 33.9. The van der Waals surface area contributed by atoms with Crippen molar-refractivity contribution in [1.29, 1.82) is 10.5 Å². The zero-order chi connectivity index (χ0) is 81.3. The molecule has 0 spiro atoms.